The van der Waals surface area contributed by atoms with Gasteiger partial charge in [0.15, 0.2) is 0 Å². The van der Waals surface area contributed by atoms with E-state index in [2.05, 4.69) is 24.1 Å². The Balaban J connectivity index is 1.76. The highest BCUT2D eigenvalue weighted by molar-refractivity contribution is 8.14. The summed E-state index contributed by atoms with van der Waals surface area (Å²) in [5, 5.41) is 2.62. The number of nitrogens with one attached hydrogen (secondary N) is 1. The van der Waals surface area contributed by atoms with Gasteiger partial charge in [-0.3, -0.25) is 24.2 Å². The molecule has 1 N–H and O–H groups in total. The van der Waals surface area contributed by atoms with E-state index in [-0.39, 0.29) is 35.4 Å². The Morgan fingerprint density at radius 2 is 1.95 bits per heavy atom. The van der Waals surface area contributed by atoms with Crippen LogP contribution >= 0.6 is 11.8 Å². The predicted octanol–water partition coefficient (Wildman–Crippen LogP) is 1.16. The number of hydrogen-bond acceptors (Lipinski definition) is 5. The second-order valence-corrected chi connectivity index (χ2v) is 7.39. The van der Waals surface area contributed by atoms with Crippen LogP contribution in [-0.4, -0.2) is 64.8 Å². The molecule has 2 saturated heterocycles. The molecule has 0 bridgehead atoms. The van der Waals surface area contributed by atoms with Crippen LogP contribution in [0, 0.1) is 11.8 Å². The SMILES string of the molecule is C[C@@H]1C[C@H](C)CN([C@@H](C)C(=O)NCCN2C(=O)CSC2=O)C1. The van der Waals surface area contributed by atoms with E-state index in [0.29, 0.717) is 18.4 Å². The van der Waals surface area contributed by atoms with Crippen molar-refractivity contribution in [3.05, 3.63) is 0 Å². The maximum Gasteiger partial charge on any atom is 0.288 e. The molecule has 0 unspecified atom stereocenters. The van der Waals surface area contributed by atoms with E-state index >= 15 is 0 Å². The first-order valence-electron chi connectivity index (χ1n) is 7.87. The molecule has 7 heteroatoms. The lowest BCUT2D eigenvalue weighted by Crippen LogP contribution is -2.51. The second kappa shape index (κ2) is 7.46. The van der Waals surface area contributed by atoms with Crippen molar-refractivity contribution >= 4 is 28.8 Å². The third-order valence-electron chi connectivity index (χ3n) is 4.30. The maximum atomic E-state index is 12.2. The monoisotopic (exact) mass is 327 g/mol. The van der Waals surface area contributed by atoms with E-state index in [1.165, 1.54) is 11.3 Å². The van der Waals surface area contributed by atoms with Gasteiger partial charge in [-0.15, -0.1) is 0 Å². The average molecular weight is 327 g/mol. The molecule has 0 aromatic carbocycles. The summed E-state index contributed by atoms with van der Waals surface area (Å²) in [5.41, 5.74) is 0. The van der Waals surface area contributed by atoms with E-state index in [1.54, 1.807) is 0 Å². The highest BCUT2D eigenvalue weighted by Crippen LogP contribution is 2.22. The lowest BCUT2D eigenvalue weighted by atomic mass is 9.91. The predicted molar refractivity (Wildman–Crippen MR) is 86.6 cm³/mol. The van der Waals surface area contributed by atoms with Gasteiger partial charge in [0.25, 0.3) is 5.24 Å². The number of hydrogen-bond donors (Lipinski definition) is 1. The molecule has 0 aromatic heterocycles. The number of piperidine rings is 1. The van der Waals surface area contributed by atoms with E-state index in [9.17, 15) is 14.4 Å². The molecular weight excluding hydrogens is 302 g/mol. The molecule has 0 spiro atoms. The number of imide groups is 1. The number of likely N-dealkylation sites (tertiary alicyclic amines) is 1. The van der Waals surface area contributed by atoms with Gasteiger partial charge in [-0.1, -0.05) is 25.6 Å². The zero-order valence-corrected chi connectivity index (χ0v) is 14.3. The topological polar surface area (TPSA) is 69.7 Å². The quantitative estimate of drug-likeness (QED) is 0.821. The van der Waals surface area contributed by atoms with Crippen molar-refractivity contribution in [1.82, 2.24) is 15.1 Å². The van der Waals surface area contributed by atoms with Gasteiger partial charge in [-0.25, -0.2) is 0 Å². The molecule has 2 heterocycles. The summed E-state index contributed by atoms with van der Waals surface area (Å²) in [6.07, 6.45) is 1.21. The zero-order chi connectivity index (χ0) is 16.3. The molecule has 2 aliphatic heterocycles. The normalized spacial score (nSPS) is 28.0. The van der Waals surface area contributed by atoms with Crippen LogP contribution in [0.25, 0.3) is 0 Å². The number of thioether (sulfide) groups is 1. The summed E-state index contributed by atoms with van der Waals surface area (Å²) < 4.78 is 0. The van der Waals surface area contributed by atoms with Crippen molar-refractivity contribution in [2.75, 3.05) is 31.9 Å². The van der Waals surface area contributed by atoms with Gasteiger partial charge >= 0.3 is 0 Å². The van der Waals surface area contributed by atoms with Crippen molar-refractivity contribution in [1.29, 1.82) is 0 Å². The Morgan fingerprint density at radius 1 is 1.32 bits per heavy atom. The lowest BCUT2D eigenvalue weighted by Gasteiger charge is -2.38. The molecule has 3 amide bonds. The van der Waals surface area contributed by atoms with Crippen molar-refractivity contribution in [2.45, 2.75) is 33.2 Å². The third kappa shape index (κ3) is 4.23. The van der Waals surface area contributed by atoms with Gasteiger partial charge in [-0.05, 0) is 25.2 Å². The standard InChI is InChI=1S/C15H25N3O3S/c1-10-6-11(2)8-17(7-10)12(3)14(20)16-4-5-18-13(19)9-22-15(18)21/h10-12H,4-9H2,1-3H3,(H,16,20)/t10-,11+,12-/m0/s1. The first-order chi connectivity index (χ1) is 10.4. The van der Waals surface area contributed by atoms with E-state index < -0.39 is 0 Å². The van der Waals surface area contributed by atoms with Gasteiger partial charge in [0.1, 0.15) is 0 Å². The van der Waals surface area contributed by atoms with Crippen LogP contribution in [0.3, 0.4) is 0 Å². The molecule has 2 aliphatic rings. The molecule has 0 saturated carbocycles. The average Bonchev–Trinajstić information content (AvgIpc) is 2.77. The minimum Gasteiger partial charge on any atom is -0.353 e. The molecule has 6 nitrogen and oxygen atoms in total. The molecule has 124 valence electrons. The molecule has 22 heavy (non-hydrogen) atoms. The summed E-state index contributed by atoms with van der Waals surface area (Å²) in [7, 11) is 0. The van der Waals surface area contributed by atoms with Gasteiger partial charge in [0, 0.05) is 26.2 Å². The molecule has 0 aliphatic carbocycles. The smallest absolute Gasteiger partial charge is 0.288 e. The number of carbonyl (C=O) groups is 3. The first kappa shape index (κ1) is 17.3. The fourth-order valence-corrected chi connectivity index (χ4v) is 3.98. The molecule has 2 rings (SSSR count). The summed E-state index contributed by atoms with van der Waals surface area (Å²) in [6, 6.07) is -0.176. The van der Waals surface area contributed by atoms with Crippen LogP contribution in [0.2, 0.25) is 0 Å². The van der Waals surface area contributed by atoms with E-state index in [1.807, 2.05) is 6.92 Å². The lowest BCUT2D eigenvalue weighted by molar-refractivity contribution is -0.128. The van der Waals surface area contributed by atoms with Crippen molar-refractivity contribution in [2.24, 2.45) is 11.8 Å². The fourth-order valence-electron chi connectivity index (χ4n) is 3.23. The van der Waals surface area contributed by atoms with Gasteiger partial charge in [0.05, 0.1) is 11.8 Å². The molecule has 3 atom stereocenters. The summed E-state index contributed by atoms with van der Waals surface area (Å²) in [6.45, 7) is 8.82. The molecule has 0 radical (unpaired) electrons. The number of rotatable bonds is 5. The Bertz CT molecular complexity index is 431. The largest absolute Gasteiger partial charge is 0.353 e. The Kier molecular flexibility index (Phi) is 5.86. The van der Waals surface area contributed by atoms with E-state index in [0.717, 1.165) is 24.9 Å². The number of nitrogens with zero attached hydrogens (tertiary/aromatic N) is 2. The summed E-state index contributed by atoms with van der Waals surface area (Å²) >= 11 is 1.02. The van der Waals surface area contributed by atoms with E-state index in [4.69, 9.17) is 0 Å². The molecule has 0 aromatic rings. The molecular formula is C15H25N3O3S. The zero-order valence-electron chi connectivity index (χ0n) is 13.5. The minimum atomic E-state index is -0.217. The van der Waals surface area contributed by atoms with Crippen molar-refractivity contribution in [3.63, 3.8) is 0 Å². The van der Waals surface area contributed by atoms with Gasteiger partial charge < -0.3 is 5.32 Å². The Hall–Kier alpha value is -1.08. The molecule has 2 fully saturated rings. The Labute approximate surface area is 136 Å². The number of carbonyl (C=O) groups excluding carboxylic acids is 3. The van der Waals surface area contributed by atoms with Gasteiger partial charge in [0.2, 0.25) is 11.8 Å². The number of amides is 3. The summed E-state index contributed by atoms with van der Waals surface area (Å²) in [5.74, 6) is 1.22. The maximum absolute atomic E-state index is 12.2. The summed E-state index contributed by atoms with van der Waals surface area (Å²) in [4.78, 5) is 38.6. The third-order valence-corrected chi connectivity index (χ3v) is 5.16. The van der Waals surface area contributed by atoms with Gasteiger partial charge in [-0.2, -0.15) is 0 Å². The first-order valence-corrected chi connectivity index (χ1v) is 8.86. The van der Waals surface area contributed by atoms with Crippen LogP contribution in [0.5, 0.6) is 0 Å². The van der Waals surface area contributed by atoms with Crippen molar-refractivity contribution < 1.29 is 14.4 Å². The van der Waals surface area contributed by atoms with Crippen LogP contribution in [-0.2, 0) is 9.59 Å². The second-order valence-electron chi connectivity index (χ2n) is 6.47. The Morgan fingerprint density at radius 3 is 2.50 bits per heavy atom. The van der Waals surface area contributed by atoms with Crippen LogP contribution in [0.1, 0.15) is 27.2 Å². The highest BCUT2D eigenvalue weighted by Gasteiger charge is 2.31. The highest BCUT2D eigenvalue weighted by atomic mass is 32.2. The van der Waals surface area contributed by atoms with Crippen LogP contribution in [0.4, 0.5) is 4.79 Å². The van der Waals surface area contributed by atoms with Crippen molar-refractivity contribution in [3.8, 4) is 0 Å². The van der Waals surface area contributed by atoms with Crippen LogP contribution < -0.4 is 5.32 Å². The minimum absolute atomic E-state index is 0.0342. The van der Waals surface area contributed by atoms with Crippen LogP contribution in [0.15, 0.2) is 0 Å². The fraction of sp³-hybridized carbons (Fsp3) is 0.800.